The Labute approximate surface area is 69.0 Å². The highest BCUT2D eigenvalue weighted by Gasteiger charge is 2.07. The van der Waals surface area contributed by atoms with Crippen molar-refractivity contribution in [2.45, 2.75) is 13.3 Å². The van der Waals surface area contributed by atoms with E-state index in [1.807, 2.05) is 0 Å². The topological polar surface area (TPSA) is 72.6 Å². The maximum absolute atomic E-state index is 10.2. The van der Waals surface area contributed by atoms with E-state index in [0.717, 1.165) is 0 Å². The molecule has 1 N–H and O–H groups in total. The minimum Gasteiger partial charge on any atom is -0.481 e. The van der Waals surface area contributed by atoms with E-state index in [-0.39, 0.29) is 18.3 Å². The van der Waals surface area contributed by atoms with Crippen molar-refractivity contribution in [2.24, 2.45) is 0 Å². The first-order chi connectivity index (χ1) is 5.72. The number of rotatable bonds is 4. The molecule has 0 amide bonds. The number of carbonyl (C=O) groups is 1. The van der Waals surface area contributed by atoms with Crippen LogP contribution < -0.4 is 4.74 Å². The largest absolute Gasteiger partial charge is 0.481 e. The average molecular weight is 171 g/mol. The van der Waals surface area contributed by atoms with Gasteiger partial charge in [-0.05, 0) is 6.92 Å². The van der Waals surface area contributed by atoms with Crippen LogP contribution in [0.5, 0.6) is 5.95 Å². The second kappa shape index (κ2) is 3.75. The van der Waals surface area contributed by atoms with Crippen molar-refractivity contribution >= 4 is 5.97 Å². The molecule has 0 radical (unpaired) electrons. The number of hydrogen-bond donors (Lipinski definition) is 1. The van der Waals surface area contributed by atoms with Gasteiger partial charge in [0, 0.05) is 0 Å². The number of oxazole rings is 1. The molecular weight excluding hydrogens is 162 g/mol. The van der Waals surface area contributed by atoms with Crippen molar-refractivity contribution in [3.8, 4) is 5.95 Å². The molecule has 1 heterocycles. The lowest BCUT2D eigenvalue weighted by Crippen LogP contribution is -1.99. The van der Waals surface area contributed by atoms with E-state index in [1.54, 1.807) is 6.92 Å². The van der Waals surface area contributed by atoms with Crippen LogP contribution >= 0.6 is 0 Å². The summed E-state index contributed by atoms with van der Waals surface area (Å²) in [5, 5.41) is 8.37. The molecule has 0 aromatic carbocycles. The zero-order chi connectivity index (χ0) is 8.97. The molecule has 1 aromatic rings. The fourth-order valence-electron chi connectivity index (χ4n) is 0.714. The molecule has 0 aliphatic heterocycles. The van der Waals surface area contributed by atoms with Crippen LogP contribution in [0, 0.1) is 0 Å². The first kappa shape index (κ1) is 8.58. The van der Waals surface area contributed by atoms with Crippen LogP contribution in [0.15, 0.2) is 10.6 Å². The number of aliphatic carboxylic acids is 1. The summed E-state index contributed by atoms with van der Waals surface area (Å²) in [5.74, 6) is -0.556. The molecule has 0 saturated carbocycles. The fraction of sp³-hybridized carbons (Fsp3) is 0.429. The number of hydrogen-bond acceptors (Lipinski definition) is 4. The van der Waals surface area contributed by atoms with Crippen molar-refractivity contribution in [3.63, 3.8) is 0 Å². The van der Waals surface area contributed by atoms with Crippen molar-refractivity contribution < 1.29 is 19.1 Å². The van der Waals surface area contributed by atoms with Gasteiger partial charge in [-0.3, -0.25) is 4.79 Å². The van der Waals surface area contributed by atoms with E-state index in [9.17, 15) is 4.79 Å². The lowest BCUT2D eigenvalue weighted by Gasteiger charge is -1.93. The first-order valence-electron chi connectivity index (χ1n) is 3.51. The zero-order valence-electron chi connectivity index (χ0n) is 6.61. The summed E-state index contributed by atoms with van der Waals surface area (Å²) in [5.41, 5.74) is 0. The van der Waals surface area contributed by atoms with Gasteiger partial charge in [-0.2, -0.15) is 0 Å². The van der Waals surface area contributed by atoms with Crippen molar-refractivity contribution in [1.29, 1.82) is 0 Å². The Balaban J connectivity index is 2.58. The number of carboxylic acids is 1. The Kier molecular flexibility index (Phi) is 2.68. The second-order valence-electron chi connectivity index (χ2n) is 2.08. The quantitative estimate of drug-likeness (QED) is 0.721. The van der Waals surface area contributed by atoms with Gasteiger partial charge in [-0.1, -0.05) is 0 Å². The van der Waals surface area contributed by atoms with Gasteiger partial charge < -0.3 is 14.3 Å². The fourth-order valence-corrected chi connectivity index (χ4v) is 0.714. The van der Waals surface area contributed by atoms with Crippen molar-refractivity contribution in [2.75, 3.05) is 6.61 Å². The SMILES string of the molecule is CCOc1cnc(CC(=O)O)o1. The van der Waals surface area contributed by atoms with Crippen LogP contribution in [0.1, 0.15) is 12.8 Å². The molecule has 5 nitrogen and oxygen atoms in total. The second-order valence-corrected chi connectivity index (χ2v) is 2.08. The molecule has 12 heavy (non-hydrogen) atoms. The van der Waals surface area contributed by atoms with Crippen LogP contribution in [0.4, 0.5) is 0 Å². The summed E-state index contributed by atoms with van der Waals surface area (Å²) in [6.45, 7) is 2.28. The van der Waals surface area contributed by atoms with Crippen LogP contribution in [0.2, 0.25) is 0 Å². The molecule has 0 fully saturated rings. The zero-order valence-corrected chi connectivity index (χ0v) is 6.61. The van der Waals surface area contributed by atoms with Gasteiger partial charge in [-0.25, -0.2) is 4.98 Å². The Morgan fingerprint density at radius 2 is 2.58 bits per heavy atom. The third kappa shape index (κ3) is 2.26. The predicted octanol–water partition coefficient (Wildman–Crippen LogP) is 0.700. The van der Waals surface area contributed by atoms with Crippen LogP contribution in [0.25, 0.3) is 0 Å². The Morgan fingerprint density at radius 3 is 3.17 bits per heavy atom. The molecule has 0 spiro atoms. The maximum atomic E-state index is 10.2. The van der Waals surface area contributed by atoms with E-state index in [1.165, 1.54) is 6.20 Å². The Morgan fingerprint density at radius 1 is 1.83 bits per heavy atom. The normalized spacial score (nSPS) is 9.75. The summed E-state index contributed by atoms with van der Waals surface area (Å²) < 4.78 is 9.87. The summed E-state index contributed by atoms with van der Waals surface area (Å²) in [7, 11) is 0. The smallest absolute Gasteiger partial charge is 0.312 e. The molecule has 5 heteroatoms. The predicted molar refractivity (Wildman–Crippen MR) is 39.0 cm³/mol. The van der Waals surface area contributed by atoms with Gasteiger partial charge in [0.2, 0.25) is 5.89 Å². The minimum absolute atomic E-state index is 0.158. The summed E-state index contributed by atoms with van der Waals surface area (Å²) in [6.07, 6.45) is 1.15. The minimum atomic E-state index is -0.972. The highest BCUT2D eigenvalue weighted by molar-refractivity contribution is 5.68. The average Bonchev–Trinajstić information content (AvgIpc) is 2.36. The molecule has 0 unspecified atom stereocenters. The van der Waals surface area contributed by atoms with Gasteiger partial charge in [0.25, 0.3) is 0 Å². The summed E-state index contributed by atoms with van der Waals surface area (Å²) >= 11 is 0. The van der Waals surface area contributed by atoms with Crippen LogP contribution in [0.3, 0.4) is 0 Å². The Bertz CT molecular complexity index is 268. The molecule has 0 atom stereocenters. The van der Waals surface area contributed by atoms with E-state index in [4.69, 9.17) is 14.3 Å². The highest BCUT2D eigenvalue weighted by Crippen LogP contribution is 2.12. The lowest BCUT2D eigenvalue weighted by molar-refractivity contribution is -0.136. The van der Waals surface area contributed by atoms with E-state index >= 15 is 0 Å². The van der Waals surface area contributed by atoms with Crippen LogP contribution in [-0.2, 0) is 11.2 Å². The molecule has 1 aromatic heterocycles. The lowest BCUT2D eigenvalue weighted by atomic mass is 10.4. The van der Waals surface area contributed by atoms with E-state index in [2.05, 4.69) is 4.98 Å². The van der Waals surface area contributed by atoms with Gasteiger partial charge in [0.05, 0.1) is 6.61 Å². The maximum Gasteiger partial charge on any atom is 0.312 e. The third-order valence-corrected chi connectivity index (χ3v) is 1.12. The molecule has 0 saturated heterocycles. The van der Waals surface area contributed by atoms with E-state index in [0.29, 0.717) is 6.61 Å². The number of nitrogens with zero attached hydrogens (tertiary/aromatic N) is 1. The number of carboxylic acid groups (broad SMARTS) is 1. The van der Waals surface area contributed by atoms with Gasteiger partial charge in [0.15, 0.2) is 0 Å². The summed E-state index contributed by atoms with van der Waals surface area (Å²) in [6, 6.07) is 0. The molecular formula is C7H9NO4. The molecule has 0 aliphatic rings. The molecule has 1 rings (SSSR count). The standard InChI is InChI=1S/C7H9NO4/c1-2-11-7-4-8-5(12-7)3-6(9)10/h4H,2-3H2,1H3,(H,9,10). The van der Waals surface area contributed by atoms with Gasteiger partial charge >= 0.3 is 11.9 Å². The van der Waals surface area contributed by atoms with E-state index < -0.39 is 5.97 Å². The monoisotopic (exact) mass is 171 g/mol. The highest BCUT2D eigenvalue weighted by atomic mass is 16.6. The number of aromatic nitrogens is 1. The Hall–Kier alpha value is -1.52. The van der Waals surface area contributed by atoms with Gasteiger partial charge in [0.1, 0.15) is 12.6 Å². The van der Waals surface area contributed by atoms with Gasteiger partial charge in [-0.15, -0.1) is 0 Å². The van der Waals surface area contributed by atoms with Crippen molar-refractivity contribution in [1.82, 2.24) is 4.98 Å². The first-order valence-corrected chi connectivity index (χ1v) is 3.51. The summed E-state index contributed by atoms with van der Waals surface area (Å²) in [4.78, 5) is 13.9. The molecule has 0 aliphatic carbocycles. The van der Waals surface area contributed by atoms with Crippen LogP contribution in [-0.4, -0.2) is 22.7 Å². The molecule has 66 valence electrons. The third-order valence-electron chi connectivity index (χ3n) is 1.12. The van der Waals surface area contributed by atoms with Crippen molar-refractivity contribution in [3.05, 3.63) is 12.1 Å². The molecule has 0 bridgehead atoms. The number of ether oxygens (including phenoxy) is 1.